The second-order valence-electron chi connectivity index (χ2n) is 6.08. The summed E-state index contributed by atoms with van der Waals surface area (Å²) in [6, 6.07) is 25.2. The number of rotatable bonds is 7. The highest BCUT2D eigenvalue weighted by Crippen LogP contribution is 2.48. The van der Waals surface area contributed by atoms with Gasteiger partial charge in [-0.15, -0.1) is 0 Å². The minimum atomic E-state index is -3.52. The van der Waals surface area contributed by atoms with Gasteiger partial charge in [0.25, 0.3) is 0 Å². The van der Waals surface area contributed by atoms with Gasteiger partial charge < -0.3 is 9.26 Å². The summed E-state index contributed by atoms with van der Waals surface area (Å²) in [5.41, 5.74) is 0.619. The van der Waals surface area contributed by atoms with E-state index in [9.17, 15) is 9.36 Å². The van der Waals surface area contributed by atoms with Crippen molar-refractivity contribution < 1.29 is 18.6 Å². The first-order chi connectivity index (χ1) is 14.0. The van der Waals surface area contributed by atoms with Crippen LogP contribution in [0.25, 0.3) is 5.76 Å². The number of carbonyl (C=O) groups is 1. The lowest BCUT2D eigenvalue weighted by Gasteiger charge is -2.22. The molecule has 4 nitrogen and oxygen atoms in total. The van der Waals surface area contributed by atoms with Crippen LogP contribution in [0.4, 0.5) is 0 Å². The Kier molecular flexibility index (Phi) is 7.08. The van der Waals surface area contributed by atoms with E-state index in [1.54, 1.807) is 43.3 Å². The van der Waals surface area contributed by atoms with E-state index in [1.165, 1.54) is 6.08 Å². The molecule has 0 amide bonds. The van der Waals surface area contributed by atoms with Crippen LogP contribution >= 0.6 is 23.3 Å². The molecule has 0 spiro atoms. The van der Waals surface area contributed by atoms with Crippen molar-refractivity contribution in [3.8, 4) is 0 Å². The summed E-state index contributed by atoms with van der Waals surface area (Å²) in [5.74, 6) is -0.370. The highest BCUT2D eigenvalue weighted by molar-refractivity contribution is 9.10. The van der Waals surface area contributed by atoms with Crippen molar-refractivity contribution in [1.82, 2.24) is 0 Å². The SMILES string of the molecule is CCOC(=O)/C=C(/OP(=O)(c1ccccc1)c1ccccc1)c1ccc(Br)cc1. The molecule has 3 rings (SSSR count). The molecule has 0 aromatic heterocycles. The van der Waals surface area contributed by atoms with Gasteiger partial charge >= 0.3 is 13.3 Å². The Morgan fingerprint density at radius 3 is 1.90 bits per heavy atom. The van der Waals surface area contributed by atoms with Gasteiger partial charge in [0.1, 0.15) is 5.76 Å². The highest BCUT2D eigenvalue weighted by atomic mass is 79.9. The average Bonchev–Trinajstić information content (AvgIpc) is 2.75. The quantitative estimate of drug-likeness (QED) is 0.203. The lowest BCUT2D eigenvalue weighted by molar-refractivity contribution is -0.137. The van der Waals surface area contributed by atoms with Crippen molar-refractivity contribution in [3.63, 3.8) is 0 Å². The van der Waals surface area contributed by atoms with E-state index in [0.29, 0.717) is 16.2 Å². The van der Waals surface area contributed by atoms with Crippen LogP contribution in [0.2, 0.25) is 0 Å². The Bertz CT molecular complexity index is 988. The Balaban J connectivity index is 2.12. The molecule has 29 heavy (non-hydrogen) atoms. The van der Waals surface area contributed by atoms with Gasteiger partial charge in [-0.3, -0.25) is 4.57 Å². The Labute approximate surface area is 178 Å². The molecule has 0 fully saturated rings. The van der Waals surface area contributed by atoms with E-state index in [1.807, 2.05) is 48.5 Å². The molecular formula is C23H20BrO4P. The van der Waals surface area contributed by atoms with Crippen molar-refractivity contribution in [2.45, 2.75) is 6.92 Å². The van der Waals surface area contributed by atoms with Crippen molar-refractivity contribution >= 4 is 45.6 Å². The van der Waals surface area contributed by atoms with E-state index in [2.05, 4.69) is 15.9 Å². The van der Waals surface area contributed by atoms with Gasteiger partial charge in [-0.2, -0.15) is 0 Å². The Hall–Kier alpha value is -2.62. The smallest absolute Gasteiger partial charge is 0.334 e. The fraction of sp³-hybridized carbons (Fsp3) is 0.0870. The van der Waals surface area contributed by atoms with Crippen molar-refractivity contribution in [2.75, 3.05) is 6.61 Å². The largest absolute Gasteiger partial charge is 0.463 e. The van der Waals surface area contributed by atoms with Gasteiger partial charge in [0, 0.05) is 10.0 Å². The fourth-order valence-electron chi connectivity index (χ4n) is 2.71. The zero-order valence-corrected chi connectivity index (χ0v) is 18.3. The summed E-state index contributed by atoms with van der Waals surface area (Å²) >= 11 is 3.40. The van der Waals surface area contributed by atoms with Crippen LogP contribution < -0.4 is 10.6 Å². The molecule has 3 aromatic carbocycles. The molecule has 0 bridgehead atoms. The lowest BCUT2D eigenvalue weighted by atomic mass is 10.2. The molecule has 0 N–H and O–H groups in total. The van der Waals surface area contributed by atoms with E-state index in [-0.39, 0.29) is 12.4 Å². The van der Waals surface area contributed by atoms with Gasteiger partial charge in [-0.25, -0.2) is 4.79 Å². The van der Waals surface area contributed by atoms with Crippen LogP contribution in [0.3, 0.4) is 0 Å². The summed E-state index contributed by atoms with van der Waals surface area (Å²) in [6.07, 6.45) is 1.24. The standard InChI is InChI=1S/C23H20BrO4P/c1-2-27-23(25)17-22(18-13-15-19(24)16-14-18)28-29(26,20-9-5-3-6-10-20)21-11-7-4-8-12-21/h3-17H,2H2,1H3/b22-17+. The normalized spacial score (nSPS) is 11.7. The number of hydrogen-bond donors (Lipinski definition) is 0. The molecule has 0 saturated carbocycles. The van der Waals surface area contributed by atoms with Crippen LogP contribution in [0.15, 0.2) is 95.5 Å². The zero-order chi connectivity index (χ0) is 20.7. The number of carbonyl (C=O) groups excluding carboxylic acids is 1. The molecule has 0 aliphatic rings. The van der Waals surface area contributed by atoms with Crippen LogP contribution in [0, 0.1) is 0 Å². The van der Waals surface area contributed by atoms with E-state index in [0.717, 1.165) is 4.47 Å². The third-order valence-electron chi connectivity index (χ3n) is 4.08. The minimum Gasteiger partial charge on any atom is -0.463 e. The number of esters is 1. The summed E-state index contributed by atoms with van der Waals surface area (Å²) < 4.78 is 26.3. The Morgan fingerprint density at radius 1 is 0.897 bits per heavy atom. The maximum Gasteiger partial charge on any atom is 0.334 e. The molecule has 148 valence electrons. The fourth-order valence-corrected chi connectivity index (χ4v) is 5.05. The van der Waals surface area contributed by atoms with Crippen LogP contribution in [0.5, 0.6) is 0 Å². The van der Waals surface area contributed by atoms with Crippen LogP contribution in [-0.2, 0) is 18.6 Å². The average molecular weight is 471 g/mol. The highest BCUT2D eigenvalue weighted by Gasteiger charge is 2.31. The second kappa shape index (κ2) is 9.73. The first-order valence-corrected chi connectivity index (χ1v) is 11.5. The maximum atomic E-state index is 14.2. The van der Waals surface area contributed by atoms with Gasteiger partial charge in [0.2, 0.25) is 0 Å². The zero-order valence-electron chi connectivity index (χ0n) is 15.8. The first-order valence-electron chi connectivity index (χ1n) is 9.08. The van der Waals surface area contributed by atoms with Gasteiger partial charge in [0.15, 0.2) is 0 Å². The molecule has 0 radical (unpaired) electrons. The van der Waals surface area contributed by atoms with Gasteiger partial charge in [0.05, 0.1) is 23.3 Å². The molecule has 0 aliphatic heterocycles. The summed E-state index contributed by atoms with van der Waals surface area (Å²) in [7, 11) is -3.52. The number of hydrogen-bond acceptors (Lipinski definition) is 4. The Morgan fingerprint density at radius 2 is 1.41 bits per heavy atom. The van der Waals surface area contributed by atoms with Crippen LogP contribution in [-0.4, -0.2) is 12.6 Å². The molecule has 3 aromatic rings. The van der Waals surface area contributed by atoms with E-state index < -0.39 is 13.3 Å². The van der Waals surface area contributed by atoms with E-state index in [4.69, 9.17) is 9.26 Å². The summed E-state index contributed by atoms with van der Waals surface area (Å²) in [4.78, 5) is 12.2. The minimum absolute atomic E-state index is 0.187. The van der Waals surface area contributed by atoms with Crippen molar-refractivity contribution in [2.24, 2.45) is 0 Å². The van der Waals surface area contributed by atoms with Gasteiger partial charge in [-0.05, 0) is 43.3 Å². The summed E-state index contributed by atoms with van der Waals surface area (Å²) in [5, 5.41) is 1.08. The summed E-state index contributed by atoms with van der Waals surface area (Å²) in [6.45, 7) is 1.96. The second-order valence-corrected chi connectivity index (χ2v) is 9.32. The van der Waals surface area contributed by atoms with Crippen molar-refractivity contribution in [3.05, 3.63) is 101 Å². The molecule has 0 atom stereocenters. The number of benzene rings is 3. The molecule has 6 heteroatoms. The van der Waals surface area contributed by atoms with E-state index >= 15 is 0 Å². The molecule has 0 heterocycles. The van der Waals surface area contributed by atoms with Crippen LogP contribution in [0.1, 0.15) is 12.5 Å². The first kappa shape index (κ1) is 21.1. The molecule has 0 saturated heterocycles. The van der Waals surface area contributed by atoms with Gasteiger partial charge in [-0.1, -0.05) is 64.5 Å². The molecular weight excluding hydrogens is 451 g/mol. The van der Waals surface area contributed by atoms with Crippen molar-refractivity contribution in [1.29, 1.82) is 0 Å². The number of ether oxygens (including phenoxy) is 1. The number of halogens is 1. The molecule has 0 unspecified atom stereocenters. The third-order valence-corrected chi connectivity index (χ3v) is 7.02. The third kappa shape index (κ3) is 5.26. The predicted octanol–water partition coefficient (Wildman–Crippen LogP) is 5.30. The molecule has 0 aliphatic carbocycles. The lowest BCUT2D eigenvalue weighted by Crippen LogP contribution is -2.18. The monoisotopic (exact) mass is 470 g/mol. The predicted molar refractivity (Wildman–Crippen MR) is 120 cm³/mol. The topological polar surface area (TPSA) is 52.6 Å². The maximum absolute atomic E-state index is 14.2.